The van der Waals surface area contributed by atoms with Crippen molar-refractivity contribution in [1.82, 2.24) is 4.90 Å². The molecule has 1 heterocycles. The van der Waals surface area contributed by atoms with E-state index in [-0.39, 0.29) is 16.5 Å². The molecule has 0 atom stereocenters. The average Bonchev–Trinajstić information content (AvgIpc) is 2.56. The van der Waals surface area contributed by atoms with Crippen molar-refractivity contribution in [2.45, 2.75) is 6.92 Å². The van der Waals surface area contributed by atoms with E-state index in [1.165, 1.54) is 7.05 Å². The number of carbonyl (C=O) groups excluding carboxylic acids is 2. The lowest BCUT2D eigenvalue weighted by molar-refractivity contribution is -0.134. The number of hydrogen-bond donors (Lipinski definition) is 0. The molecule has 1 aliphatic rings. The molecule has 0 saturated heterocycles. The van der Waals surface area contributed by atoms with E-state index in [0.717, 1.165) is 4.90 Å². The molecule has 0 aromatic heterocycles. The van der Waals surface area contributed by atoms with Crippen LogP contribution in [0.5, 0.6) is 5.75 Å². The summed E-state index contributed by atoms with van der Waals surface area (Å²) < 4.78 is 5.31. The first-order chi connectivity index (χ1) is 8.56. The van der Waals surface area contributed by atoms with Gasteiger partial charge >= 0.3 is 0 Å². The van der Waals surface area contributed by atoms with E-state index in [4.69, 9.17) is 16.3 Å². The van der Waals surface area contributed by atoms with E-state index in [9.17, 15) is 9.59 Å². The normalized spacial score (nSPS) is 15.6. The first-order valence-electron chi connectivity index (χ1n) is 5.51. The number of amides is 2. The second kappa shape index (κ2) is 4.82. The summed E-state index contributed by atoms with van der Waals surface area (Å²) in [5.74, 6) is -0.136. The fraction of sp³-hybridized carbons (Fsp3) is 0.231. The molecule has 2 amide bonds. The van der Waals surface area contributed by atoms with Gasteiger partial charge in [-0.05, 0) is 24.6 Å². The fourth-order valence-electron chi connectivity index (χ4n) is 1.74. The van der Waals surface area contributed by atoms with Gasteiger partial charge < -0.3 is 4.74 Å². The maximum absolute atomic E-state index is 11.9. The van der Waals surface area contributed by atoms with Crippen molar-refractivity contribution in [2.75, 3.05) is 13.7 Å². The summed E-state index contributed by atoms with van der Waals surface area (Å²) >= 11 is 5.89. The van der Waals surface area contributed by atoms with Crippen molar-refractivity contribution in [2.24, 2.45) is 0 Å². The molecule has 1 aliphatic heterocycles. The van der Waals surface area contributed by atoms with Crippen molar-refractivity contribution < 1.29 is 14.3 Å². The van der Waals surface area contributed by atoms with Crippen LogP contribution in [-0.4, -0.2) is 30.4 Å². The van der Waals surface area contributed by atoms with Crippen molar-refractivity contribution in [3.63, 3.8) is 0 Å². The van der Waals surface area contributed by atoms with Crippen molar-refractivity contribution >= 4 is 29.0 Å². The molecule has 4 nitrogen and oxygen atoms in total. The van der Waals surface area contributed by atoms with Gasteiger partial charge in [0, 0.05) is 7.05 Å². The first kappa shape index (κ1) is 12.6. The Labute approximate surface area is 110 Å². The zero-order valence-electron chi connectivity index (χ0n) is 10.1. The molecule has 2 rings (SSSR count). The first-order valence-corrected chi connectivity index (χ1v) is 5.89. The lowest BCUT2D eigenvalue weighted by atomic mass is 10.1. The number of ether oxygens (including phenoxy) is 1. The van der Waals surface area contributed by atoms with Gasteiger partial charge in [-0.25, -0.2) is 0 Å². The highest BCUT2D eigenvalue weighted by Crippen LogP contribution is 2.31. The number of benzene rings is 1. The number of rotatable bonds is 3. The van der Waals surface area contributed by atoms with Crippen molar-refractivity contribution in [3.8, 4) is 5.75 Å². The summed E-state index contributed by atoms with van der Waals surface area (Å²) in [5, 5.41) is -0.0355. The number of nitrogens with zero attached hydrogens (tertiary/aromatic N) is 1. The van der Waals surface area contributed by atoms with Gasteiger partial charge in [-0.3, -0.25) is 14.5 Å². The third kappa shape index (κ3) is 1.99. The molecular formula is C13H12ClNO3. The summed E-state index contributed by atoms with van der Waals surface area (Å²) in [7, 11) is 1.41. The Bertz CT molecular complexity index is 534. The molecule has 0 radical (unpaired) electrons. The molecule has 0 saturated carbocycles. The average molecular weight is 266 g/mol. The van der Waals surface area contributed by atoms with Crippen LogP contribution >= 0.6 is 11.6 Å². The van der Waals surface area contributed by atoms with Crippen molar-refractivity contribution in [3.05, 3.63) is 34.9 Å². The third-order valence-electron chi connectivity index (χ3n) is 2.68. The molecule has 0 bridgehead atoms. The van der Waals surface area contributed by atoms with E-state index in [0.29, 0.717) is 17.9 Å². The molecule has 0 unspecified atom stereocenters. The van der Waals surface area contributed by atoms with Crippen LogP contribution in [0.3, 0.4) is 0 Å². The highest BCUT2D eigenvalue weighted by molar-refractivity contribution is 6.55. The monoisotopic (exact) mass is 265 g/mol. The minimum Gasteiger partial charge on any atom is -0.494 e. The number of likely N-dealkylation sites (N-methyl/N-ethyl adjacent to an activating group) is 1. The van der Waals surface area contributed by atoms with Crippen molar-refractivity contribution in [1.29, 1.82) is 0 Å². The van der Waals surface area contributed by atoms with E-state index >= 15 is 0 Å². The molecule has 0 N–H and O–H groups in total. The third-order valence-corrected chi connectivity index (χ3v) is 3.04. The number of halogens is 1. The molecule has 0 spiro atoms. The van der Waals surface area contributed by atoms with Crippen LogP contribution in [0, 0.1) is 0 Å². The molecule has 0 aliphatic carbocycles. The quantitative estimate of drug-likeness (QED) is 0.786. The Balaban J connectivity index is 2.37. The van der Waals surface area contributed by atoms with Gasteiger partial charge in [0.15, 0.2) is 0 Å². The predicted octanol–water partition coefficient (Wildman–Crippen LogP) is 2.03. The van der Waals surface area contributed by atoms with Gasteiger partial charge in [-0.15, -0.1) is 0 Å². The lowest BCUT2D eigenvalue weighted by Gasteiger charge is -2.07. The summed E-state index contributed by atoms with van der Waals surface area (Å²) in [6.45, 7) is 2.46. The second-order valence-corrected chi connectivity index (χ2v) is 4.19. The highest BCUT2D eigenvalue weighted by atomic mass is 35.5. The number of imide groups is 1. The van der Waals surface area contributed by atoms with Gasteiger partial charge in [0.1, 0.15) is 10.8 Å². The second-order valence-electron chi connectivity index (χ2n) is 3.82. The van der Waals surface area contributed by atoms with Crippen LogP contribution in [0.2, 0.25) is 0 Å². The minimum atomic E-state index is -0.467. The molecule has 1 aromatic carbocycles. The van der Waals surface area contributed by atoms with Crippen LogP contribution in [0.25, 0.3) is 5.57 Å². The predicted molar refractivity (Wildman–Crippen MR) is 68.2 cm³/mol. The Hall–Kier alpha value is -1.81. The van der Waals surface area contributed by atoms with Gasteiger partial charge in [-0.1, -0.05) is 23.7 Å². The lowest BCUT2D eigenvalue weighted by Crippen LogP contribution is -2.26. The Kier molecular flexibility index (Phi) is 3.39. The van der Waals surface area contributed by atoms with E-state index in [1.807, 2.05) is 6.92 Å². The molecular weight excluding hydrogens is 254 g/mol. The van der Waals surface area contributed by atoms with Crippen LogP contribution in [0.4, 0.5) is 0 Å². The van der Waals surface area contributed by atoms with Crippen LogP contribution in [0.1, 0.15) is 12.5 Å². The van der Waals surface area contributed by atoms with E-state index < -0.39 is 5.91 Å². The maximum atomic E-state index is 11.9. The smallest absolute Gasteiger partial charge is 0.272 e. The molecule has 94 valence electrons. The summed E-state index contributed by atoms with van der Waals surface area (Å²) in [6, 6.07) is 6.91. The van der Waals surface area contributed by atoms with Crippen LogP contribution in [0.15, 0.2) is 29.3 Å². The topological polar surface area (TPSA) is 46.6 Å². The van der Waals surface area contributed by atoms with Gasteiger partial charge in [0.2, 0.25) is 0 Å². The summed E-state index contributed by atoms with van der Waals surface area (Å²) in [6.07, 6.45) is 0. The van der Waals surface area contributed by atoms with E-state index in [2.05, 4.69) is 0 Å². The van der Waals surface area contributed by atoms with Gasteiger partial charge in [-0.2, -0.15) is 0 Å². The highest BCUT2D eigenvalue weighted by Gasteiger charge is 2.35. The maximum Gasteiger partial charge on any atom is 0.272 e. The molecule has 5 heteroatoms. The van der Waals surface area contributed by atoms with E-state index in [1.54, 1.807) is 24.3 Å². The zero-order valence-corrected chi connectivity index (χ0v) is 10.8. The molecule has 18 heavy (non-hydrogen) atoms. The number of hydrogen-bond acceptors (Lipinski definition) is 3. The summed E-state index contributed by atoms with van der Waals surface area (Å²) in [5.41, 5.74) is 0.860. The molecule has 0 fully saturated rings. The van der Waals surface area contributed by atoms with Gasteiger partial charge in [0.05, 0.1) is 12.2 Å². The largest absolute Gasteiger partial charge is 0.494 e. The van der Waals surface area contributed by atoms with Crippen LogP contribution < -0.4 is 4.74 Å². The minimum absolute atomic E-state index is 0.0355. The zero-order chi connectivity index (χ0) is 13.3. The Morgan fingerprint density at radius 3 is 2.22 bits per heavy atom. The number of carbonyl (C=O) groups is 2. The Morgan fingerprint density at radius 1 is 1.17 bits per heavy atom. The van der Waals surface area contributed by atoms with Crippen LogP contribution in [-0.2, 0) is 9.59 Å². The SMILES string of the molecule is CCOc1ccc(C2=C(Cl)C(=O)N(C)C2=O)cc1. The van der Waals surface area contributed by atoms with Gasteiger partial charge in [0.25, 0.3) is 11.8 Å². The summed E-state index contributed by atoms with van der Waals surface area (Å²) in [4.78, 5) is 24.4. The fourth-order valence-corrected chi connectivity index (χ4v) is 2.06. The standard InChI is InChI=1S/C13H12ClNO3/c1-3-18-9-6-4-8(5-7-9)10-11(14)13(17)15(2)12(10)16/h4-7H,3H2,1-2H3. The Morgan fingerprint density at radius 2 is 1.78 bits per heavy atom. The molecule has 1 aromatic rings.